The highest BCUT2D eigenvalue weighted by Gasteiger charge is 2.17. The van der Waals surface area contributed by atoms with Gasteiger partial charge in [-0.2, -0.15) is 0 Å². The number of hydrogen-bond acceptors (Lipinski definition) is 5. The minimum atomic E-state index is -0.696. The van der Waals surface area contributed by atoms with Gasteiger partial charge in [0.15, 0.2) is 12.4 Å². The molecule has 1 aromatic heterocycles. The fourth-order valence-electron chi connectivity index (χ4n) is 2.36. The van der Waals surface area contributed by atoms with E-state index >= 15 is 0 Å². The Morgan fingerprint density at radius 1 is 1.03 bits per heavy atom. The molecular formula is C21H16Cl2N2O4. The molecule has 3 aromatic rings. The predicted molar refractivity (Wildman–Crippen MR) is 111 cm³/mol. The predicted octanol–water partition coefficient (Wildman–Crippen LogP) is 5.28. The van der Waals surface area contributed by atoms with Gasteiger partial charge in [-0.3, -0.25) is 4.79 Å². The number of carbonyl (C=O) groups excluding carboxylic acids is 2. The molecule has 0 aliphatic carbocycles. The van der Waals surface area contributed by atoms with Gasteiger partial charge in [-0.25, -0.2) is 9.78 Å². The molecule has 0 aliphatic rings. The van der Waals surface area contributed by atoms with E-state index in [1.165, 1.54) is 6.20 Å². The van der Waals surface area contributed by atoms with Crippen LogP contribution in [0.2, 0.25) is 10.0 Å². The zero-order valence-corrected chi connectivity index (χ0v) is 16.8. The van der Waals surface area contributed by atoms with Gasteiger partial charge in [-0.1, -0.05) is 53.5 Å². The average molecular weight is 431 g/mol. The number of para-hydroxylation sites is 2. The molecule has 3 rings (SSSR count). The molecule has 0 bridgehead atoms. The van der Waals surface area contributed by atoms with Gasteiger partial charge >= 0.3 is 5.97 Å². The van der Waals surface area contributed by atoms with E-state index in [-0.39, 0.29) is 16.4 Å². The van der Waals surface area contributed by atoms with Crippen LogP contribution < -0.4 is 10.1 Å². The van der Waals surface area contributed by atoms with Crippen LogP contribution in [-0.4, -0.2) is 23.5 Å². The Kier molecular flexibility index (Phi) is 6.69. The summed E-state index contributed by atoms with van der Waals surface area (Å²) in [4.78, 5) is 28.5. The molecule has 1 N–H and O–H groups in total. The maximum atomic E-state index is 12.4. The quantitative estimate of drug-likeness (QED) is 0.537. The van der Waals surface area contributed by atoms with E-state index in [1.54, 1.807) is 43.3 Å². The van der Waals surface area contributed by atoms with Gasteiger partial charge in [0.25, 0.3) is 5.91 Å². The number of halogens is 2. The van der Waals surface area contributed by atoms with Gasteiger partial charge in [0.05, 0.1) is 10.0 Å². The Bertz CT molecular complexity index is 1040. The first-order valence-electron chi connectivity index (χ1n) is 8.55. The molecule has 0 radical (unpaired) electrons. The maximum absolute atomic E-state index is 12.4. The fraction of sp³-hybridized carbons (Fsp3) is 0.0952. The zero-order valence-electron chi connectivity index (χ0n) is 15.3. The van der Waals surface area contributed by atoms with Crippen LogP contribution in [0.5, 0.6) is 11.5 Å². The van der Waals surface area contributed by atoms with Gasteiger partial charge in [-0.05, 0) is 36.8 Å². The minimum absolute atomic E-state index is 0.141. The van der Waals surface area contributed by atoms with E-state index in [0.717, 1.165) is 0 Å². The van der Waals surface area contributed by atoms with E-state index < -0.39 is 18.5 Å². The Morgan fingerprint density at radius 2 is 1.72 bits per heavy atom. The number of aromatic nitrogens is 1. The van der Waals surface area contributed by atoms with Crippen molar-refractivity contribution in [3.05, 3.63) is 82.0 Å². The summed E-state index contributed by atoms with van der Waals surface area (Å²) in [5, 5.41) is 3.10. The van der Waals surface area contributed by atoms with Crippen LogP contribution in [-0.2, 0) is 9.53 Å². The Balaban J connectivity index is 1.64. The lowest BCUT2D eigenvalue weighted by molar-refractivity contribution is -0.119. The molecule has 0 fully saturated rings. The van der Waals surface area contributed by atoms with E-state index in [4.69, 9.17) is 32.7 Å². The van der Waals surface area contributed by atoms with Crippen molar-refractivity contribution in [2.45, 2.75) is 6.92 Å². The van der Waals surface area contributed by atoms with Crippen molar-refractivity contribution in [2.24, 2.45) is 0 Å². The molecule has 148 valence electrons. The van der Waals surface area contributed by atoms with Crippen LogP contribution in [0.4, 0.5) is 5.82 Å². The molecule has 0 saturated carbocycles. The van der Waals surface area contributed by atoms with E-state index in [1.807, 2.05) is 18.2 Å². The summed E-state index contributed by atoms with van der Waals surface area (Å²) >= 11 is 12.0. The van der Waals surface area contributed by atoms with Crippen LogP contribution in [0, 0.1) is 6.92 Å². The normalized spacial score (nSPS) is 10.3. The lowest BCUT2D eigenvalue weighted by Gasteiger charge is -2.11. The van der Waals surface area contributed by atoms with Crippen LogP contribution in [0.15, 0.2) is 60.8 Å². The number of amides is 1. The van der Waals surface area contributed by atoms with Crippen molar-refractivity contribution in [1.82, 2.24) is 4.98 Å². The van der Waals surface area contributed by atoms with Gasteiger partial charge in [0.2, 0.25) is 0 Å². The Labute approximate surface area is 177 Å². The van der Waals surface area contributed by atoms with Crippen molar-refractivity contribution < 1.29 is 19.1 Å². The second-order valence-electron chi connectivity index (χ2n) is 5.93. The standard InChI is InChI=1S/C21H16Cl2N2O4/c1-13-16(22)11-24-20(19(13)23)25-18(26)12-28-21(27)15-9-5-6-10-17(15)29-14-7-3-2-4-8-14/h2-11H,12H2,1H3,(H,24,25,26). The summed E-state index contributed by atoms with van der Waals surface area (Å²) in [6.45, 7) is 1.18. The van der Waals surface area contributed by atoms with Gasteiger partial charge in [-0.15, -0.1) is 0 Å². The highest BCUT2D eigenvalue weighted by Crippen LogP contribution is 2.28. The summed E-state index contributed by atoms with van der Waals surface area (Å²) in [6.07, 6.45) is 1.38. The highest BCUT2D eigenvalue weighted by molar-refractivity contribution is 6.37. The number of pyridine rings is 1. The number of benzene rings is 2. The molecular weight excluding hydrogens is 415 g/mol. The summed E-state index contributed by atoms with van der Waals surface area (Å²) in [5.41, 5.74) is 0.783. The Morgan fingerprint density at radius 3 is 2.48 bits per heavy atom. The molecule has 0 aliphatic heterocycles. The minimum Gasteiger partial charge on any atom is -0.456 e. The number of rotatable bonds is 6. The van der Waals surface area contributed by atoms with Crippen LogP contribution in [0.25, 0.3) is 0 Å². The number of nitrogens with zero attached hydrogens (tertiary/aromatic N) is 1. The number of carbonyl (C=O) groups is 2. The third kappa shape index (κ3) is 5.25. The second-order valence-corrected chi connectivity index (χ2v) is 6.71. The third-order valence-electron chi connectivity index (χ3n) is 3.87. The van der Waals surface area contributed by atoms with Crippen molar-refractivity contribution in [1.29, 1.82) is 0 Å². The molecule has 0 saturated heterocycles. The fourth-order valence-corrected chi connectivity index (χ4v) is 2.75. The first-order valence-corrected chi connectivity index (χ1v) is 9.31. The number of nitrogens with one attached hydrogen (secondary N) is 1. The lowest BCUT2D eigenvalue weighted by Crippen LogP contribution is -2.22. The number of esters is 1. The number of ether oxygens (including phenoxy) is 2. The monoisotopic (exact) mass is 430 g/mol. The van der Waals surface area contributed by atoms with Gasteiger partial charge in [0.1, 0.15) is 17.1 Å². The summed E-state index contributed by atoms with van der Waals surface area (Å²) in [6, 6.07) is 15.6. The molecule has 0 atom stereocenters. The average Bonchev–Trinajstić information content (AvgIpc) is 2.73. The zero-order chi connectivity index (χ0) is 20.8. The highest BCUT2D eigenvalue weighted by atomic mass is 35.5. The van der Waals surface area contributed by atoms with E-state index in [9.17, 15) is 9.59 Å². The first-order chi connectivity index (χ1) is 14.0. The first kappa shape index (κ1) is 20.6. The Hall–Kier alpha value is -3.09. The second kappa shape index (κ2) is 9.41. The lowest BCUT2D eigenvalue weighted by atomic mass is 10.2. The van der Waals surface area contributed by atoms with Crippen LogP contribution in [0.3, 0.4) is 0 Å². The molecule has 6 nitrogen and oxygen atoms in total. The van der Waals surface area contributed by atoms with Gasteiger partial charge < -0.3 is 14.8 Å². The maximum Gasteiger partial charge on any atom is 0.342 e. The topological polar surface area (TPSA) is 77.5 Å². The summed E-state index contributed by atoms with van der Waals surface area (Å²) in [7, 11) is 0. The molecule has 29 heavy (non-hydrogen) atoms. The van der Waals surface area contributed by atoms with Crippen molar-refractivity contribution in [3.63, 3.8) is 0 Å². The van der Waals surface area contributed by atoms with E-state index in [0.29, 0.717) is 22.1 Å². The van der Waals surface area contributed by atoms with Crippen molar-refractivity contribution >= 4 is 40.9 Å². The molecule has 8 heteroatoms. The summed E-state index contributed by atoms with van der Waals surface area (Å²) in [5.74, 6) is -0.247. The van der Waals surface area contributed by atoms with Crippen LogP contribution in [0.1, 0.15) is 15.9 Å². The molecule has 2 aromatic carbocycles. The van der Waals surface area contributed by atoms with Crippen molar-refractivity contribution in [3.8, 4) is 11.5 Å². The smallest absolute Gasteiger partial charge is 0.342 e. The number of anilines is 1. The van der Waals surface area contributed by atoms with Crippen molar-refractivity contribution in [2.75, 3.05) is 11.9 Å². The summed E-state index contributed by atoms with van der Waals surface area (Å²) < 4.78 is 10.8. The largest absolute Gasteiger partial charge is 0.456 e. The molecule has 0 spiro atoms. The molecule has 1 amide bonds. The number of hydrogen-bond donors (Lipinski definition) is 1. The third-order valence-corrected chi connectivity index (χ3v) is 4.72. The van der Waals surface area contributed by atoms with E-state index in [2.05, 4.69) is 10.3 Å². The van der Waals surface area contributed by atoms with Gasteiger partial charge in [0, 0.05) is 6.20 Å². The molecule has 0 unspecified atom stereocenters. The molecule has 1 heterocycles. The van der Waals surface area contributed by atoms with Crippen LogP contribution >= 0.6 is 23.2 Å². The SMILES string of the molecule is Cc1c(Cl)cnc(NC(=O)COC(=O)c2ccccc2Oc2ccccc2)c1Cl.